The van der Waals surface area contributed by atoms with Crippen LogP contribution in [0.4, 0.5) is 10.5 Å². The van der Waals surface area contributed by atoms with Crippen molar-refractivity contribution in [3.8, 4) is 11.5 Å². The van der Waals surface area contributed by atoms with Crippen molar-refractivity contribution in [2.24, 2.45) is 0 Å². The Kier molecular flexibility index (Phi) is 2.88. The van der Waals surface area contributed by atoms with E-state index < -0.39 is 0 Å². The topological polar surface area (TPSA) is 89.7 Å². The predicted molar refractivity (Wildman–Crippen MR) is 74.9 cm³/mol. The van der Waals surface area contributed by atoms with E-state index in [0.29, 0.717) is 42.0 Å². The van der Waals surface area contributed by atoms with Crippen LogP contribution in [0.3, 0.4) is 0 Å². The SMILES string of the molecule is Cc1noc(C2CN(C(=O)Nc3ccc4c(c3)OCO4)C2)n1. The van der Waals surface area contributed by atoms with Gasteiger partial charge in [0.1, 0.15) is 0 Å². The number of carbonyl (C=O) groups excluding carboxylic acids is 1. The number of benzene rings is 1. The molecule has 4 rings (SSSR count). The number of hydrogen-bond donors (Lipinski definition) is 1. The first kappa shape index (κ1) is 12.9. The van der Waals surface area contributed by atoms with Gasteiger partial charge in [-0.1, -0.05) is 5.16 Å². The molecule has 1 saturated heterocycles. The van der Waals surface area contributed by atoms with Gasteiger partial charge in [-0.3, -0.25) is 0 Å². The fraction of sp³-hybridized carbons (Fsp3) is 0.357. The number of nitrogens with zero attached hydrogens (tertiary/aromatic N) is 3. The number of anilines is 1. The quantitative estimate of drug-likeness (QED) is 0.908. The van der Waals surface area contributed by atoms with Gasteiger partial charge in [-0.2, -0.15) is 4.98 Å². The highest BCUT2D eigenvalue weighted by atomic mass is 16.7. The van der Waals surface area contributed by atoms with Crippen molar-refractivity contribution in [2.45, 2.75) is 12.8 Å². The average Bonchev–Trinajstić information content (AvgIpc) is 3.05. The number of ether oxygens (including phenoxy) is 2. The van der Waals surface area contributed by atoms with Gasteiger partial charge in [-0.15, -0.1) is 0 Å². The molecule has 114 valence electrons. The summed E-state index contributed by atoms with van der Waals surface area (Å²) in [5, 5.41) is 6.60. The molecule has 0 spiro atoms. The lowest BCUT2D eigenvalue weighted by molar-refractivity contribution is 0.147. The van der Waals surface area contributed by atoms with Crippen LogP contribution in [0.25, 0.3) is 0 Å². The molecule has 1 fully saturated rings. The molecular weight excluding hydrogens is 288 g/mol. The standard InChI is InChI=1S/C14H14N4O4/c1-8-15-13(22-17-8)9-5-18(6-9)14(19)16-10-2-3-11-12(4-10)21-7-20-11/h2-4,9H,5-7H2,1H3,(H,16,19). The summed E-state index contributed by atoms with van der Waals surface area (Å²) >= 11 is 0. The Hall–Kier alpha value is -2.77. The highest BCUT2D eigenvalue weighted by Crippen LogP contribution is 2.34. The summed E-state index contributed by atoms with van der Waals surface area (Å²) < 4.78 is 15.6. The van der Waals surface area contributed by atoms with E-state index in [2.05, 4.69) is 15.5 Å². The van der Waals surface area contributed by atoms with E-state index in [0.717, 1.165) is 0 Å². The molecule has 0 radical (unpaired) electrons. The zero-order chi connectivity index (χ0) is 15.1. The van der Waals surface area contributed by atoms with E-state index in [9.17, 15) is 4.79 Å². The van der Waals surface area contributed by atoms with Crippen LogP contribution >= 0.6 is 0 Å². The largest absolute Gasteiger partial charge is 0.454 e. The first-order valence-electron chi connectivity index (χ1n) is 6.95. The van der Waals surface area contributed by atoms with Gasteiger partial charge in [-0.05, 0) is 19.1 Å². The third-order valence-corrected chi connectivity index (χ3v) is 3.69. The van der Waals surface area contributed by atoms with Crippen LogP contribution < -0.4 is 14.8 Å². The number of nitrogens with one attached hydrogen (secondary N) is 1. The van der Waals surface area contributed by atoms with E-state index >= 15 is 0 Å². The third kappa shape index (κ3) is 2.22. The summed E-state index contributed by atoms with van der Waals surface area (Å²) in [7, 11) is 0. The minimum Gasteiger partial charge on any atom is -0.454 e. The van der Waals surface area contributed by atoms with Crippen LogP contribution in [0.1, 0.15) is 17.6 Å². The lowest BCUT2D eigenvalue weighted by Gasteiger charge is -2.36. The summed E-state index contributed by atoms with van der Waals surface area (Å²) in [6.45, 7) is 3.12. The highest BCUT2D eigenvalue weighted by molar-refractivity contribution is 5.90. The first-order chi connectivity index (χ1) is 10.7. The second-order valence-corrected chi connectivity index (χ2v) is 5.28. The Labute approximate surface area is 126 Å². The fourth-order valence-corrected chi connectivity index (χ4v) is 2.46. The fourth-order valence-electron chi connectivity index (χ4n) is 2.46. The normalized spacial score (nSPS) is 16.5. The van der Waals surface area contributed by atoms with Gasteiger partial charge in [-0.25, -0.2) is 4.79 Å². The molecule has 8 nitrogen and oxygen atoms in total. The van der Waals surface area contributed by atoms with E-state index in [4.69, 9.17) is 14.0 Å². The summed E-state index contributed by atoms with van der Waals surface area (Å²) in [6, 6.07) is 5.15. The second-order valence-electron chi connectivity index (χ2n) is 5.28. The van der Waals surface area contributed by atoms with Crippen LogP contribution in [0.5, 0.6) is 11.5 Å². The van der Waals surface area contributed by atoms with Gasteiger partial charge in [0.25, 0.3) is 0 Å². The zero-order valence-corrected chi connectivity index (χ0v) is 11.9. The minimum absolute atomic E-state index is 0.115. The smallest absolute Gasteiger partial charge is 0.321 e. The summed E-state index contributed by atoms with van der Waals surface area (Å²) in [6.07, 6.45) is 0. The van der Waals surface area contributed by atoms with E-state index in [1.807, 2.05) is 0 Å². The monoisotopic (exact) mass is 302 g/mol. The third-order valence-electron chi connectivity index (χ3n) is 3.69. The van der Waals surface area contributed by atoms with Crippen LogP contribution in [-0.2, 0) is 0 Å². The molecular formula is C14H14N4O4. The van der Waals surface area contributed by atoms with Crippen molar-refractivity contribution >= 4 is 11.7 Å². The number of aryl methyl sites for hydroxylation is 1. The molecule has 2 amide bonds. The van der Waals surface area contributed by atoms with Crippen molar-refractivity contribution in [3.05, 3.63) is 29.9 Å². The Morgan fingerprint density at radius 3 is 2.91 bits per heavy atom. The number of fused-ring (bicyclic) bond motifs is 1. The molecule has 1 aromatic heterocycles. The van der Waals surface area contributed by atoms with Crippen LogP contribution in [0, 0.1) is 6.92 Å². The van der Waals surface area contributed by atoms with Crippen molar-refractivity contribution in [1.82, 2.24) is 15.0 Å². The van der Waals surface area contributed by atoms with Crippen LogP contribution in [0.15, 0.2) is 22.7 Å². The van der Waals surface area contributed by atoms with Gasteiger partial charge in [0.05, 0.1) is 5.92 Å². The molecule has 2 aliphatic heterocycles. The number of aromatic nitrogens is 2. The molecule has 0 bridgehead atoms. The Bertz CT molecular complexity index is 723. The van der Waals surface area contributed by atoms with Gasteiger partial charge in [0.15, 0.2) is 17.3 Å². The van der Waals surface area contributed by atoms with Crippen LogP contribution in [-0.4, -0.2) is 41.0 Å². The van der Waals surface area contributed by atoms with Crippen molar-refractivity contribution in [3.63, 3.8) is 0 Å². The maximum Gasteiger partial charge on any atom is 0.321 e. The molecule has 0 aliphatic carbocycles. The van der Waals surface area contributed by atoms with E-state index in [-0.39, 0.29) is 18.7 Å². The average molecular weight is 302 g/mol. The van der Waals surface area contributed by atoms with Gasteiger partial charge in [0.2, 0.25) is 12.7 Å². The summed E-state index contributed by atoms with van der Waals surface area (Å²) in [5.41, 5.74) is 0.673. The second kappa shape index (κ2) is 4.90. The zero-order valence-electron chi connectivity index (χ0n) is 11.9. The first-order valence-corrected chi connectivity index (χ1v) is 6.95. The molecule has 0 atom stereocenters. The Morgan fingerprint density at radius 1 is 1.32 bits per heavy atom. The molecule has 8 heteroatoms. The Morgan fingerprint density at radius 2 is 2.14 bits per heavy atom. The maximum absolute atomic E-state index is 12.2. The summed E-state index contributed by atoms with van der Waals surface area (Å²) in [4.78, 5) is 18.0. The highest BCUT2D eigenvalue weighted by Gasteiger charge is 2.35. The number of amides is 2. The predicted octanol–water partition coefficient (Wildman–Crippen LogP) is 1.74. The number of carbonyl (C=O) groups is 1. The Balaban J connectivity index is 1.36. The number of rotatable bonds is 2. The number of urea groups is 1. The lowest BCUT2D eigenvalue weighted by atomic mass is 10.0. The maximum atomic E-state index is 12.2. The van der Waals surface area contributed by atoms with Gasteiger partial charge in [0, 0.05) is 24.8 Å². The van der Waals surface area contributed by atoms with Crippen molar-refractivity contribution < 1.29 is 18.8 Å². The molecule has 1 aromatic carbocycles. The summed E-state index contributed by atoms with van der Waals surface area (Å²) in [5.74, 6) is 2.64. The molecule has 0 saturated carbocycles. The van der Waals surface area contributed by atoms with E-state index in [1.54, 1.807) is 30.0 Å². The number of hydrogen-bond acceptors (Lipinski definition) is 6. The number of likely N-dealkylation sites (tertiary alicyclic amines) is 1. The lowest BCUT2D eigenvalue weighted by Crippen LogP contribution is -2.50. The molecule has 3 heterocycles. The molecule has 22 heavy (non-hydrogen) atoms. The van der Waals surface area contributed by atoms with Crippen molar-refractivity contribution in [2.75, 3.05) is 25.2 Å². The van der Waals surface area contributed by atoms with Gasteiger partial charge >= 0.3 is 6.03 Å². The molecule has 0 unspecified atom stereocenters. The molecule has 2 aliphatic rings. The molecule has 1 N–H and O–H groups in total. The van der Waals surface area contributed by atoms with E-state index in [1.165, 1.54) is 0 Å². The van der Waals surface area contributed by atoms with Crippen molar-refractivity contribution in [1.29, 1.82) is 0 Å². The minimum atomic E-state index is -0.161. The van der Waals surface area contributed by atoms with Crippen LogP contribution in [0.2, 0.25) is 0 Å². The van der Waals surface area contributed by atoms with Gasteiger partial charge < -0.3 is 24.2 Å². The molecule has 2 aromatic rings.